The Morgan fingerprint density at radius 2 is 1.54 bits per heavy atom. The Hall–Kier alpha value is -1.35. The molecule has 0 aromatic carbocycles. The second-order valence-electron chi connectivity index (χ2n) is 5.19. The van der Waals surface area contributed by atoms with Gasteiger partial charge >= 0.3 is 5.97 Å². The molecule has 0 saturated heterocycles. The fourth-order valence-electron chi connectivity index (χ4n) is 2.00. The molecule has 1 heterocycles. The van der Waals surface area contributed by atoms with Crippen LogP contribution in [0.3, 0.4) is 0 Å². The number of carbonyl (C=O) groups is 1. The van der Waals surface area contributed by atoms with Gasteiger partial charge in [0.25, 0.3) is 6.35 Å². The molecule has 1 aliphatic heterocycles. The van der Waals surface area contributed by atoms with Crippen LogP contribution in [0.15, 0.2) is 12.4 Å². The van der Waals surface area contributed by atoms with Crippen molar-refractivity contribution in [2.24, 2.45) is 0 Å². The number of nitrogens with zero attached hydrogens (tertiary/aromatic N) is 2. The second-order valence-corrected chi connectivity index (χ2v) is 5.19. The van der Waals surface area contributed by atoms with Crippen LogP contribution < -0.4 is 0 Å². The van der Waals surface area contributed by atoms with Crippen molar-refractivity contribution in [3.8, 4) is 0 Å². The van der Waals surface area contributed by atoms with E-state index in [1.165, 1.54) is 0 Å². The number of rotatable bonds is 14. The Kier molecular flexibility index (Phi) is 11.2. The first-order valence-corrected chi connectivity index (χ1v) is 8.26. The molecule has 0 bridgehead atoms. The highest BCUT2D eigenvalue weighted by Gasteiger charge is 2.25. The van der Waals surface area contributed by atoms with Crippen LogP contribution in [-0.4, -0.2) is 89.1 Å². The molecule has 0 saturated carbocycles. The molecular formula is C16H30N2O6. The maximum Gasteiger partial charge on any atom is 0.311 e. The van der Waals surface area contributed by atoms with Crippen LogP contribution in [0.5, 0.6) is 0 Å². The summed E-state index contributed by atoms with van der Waals surface area (Å²) < 4.78 is 26.3. The Morgan fingerprint density at radius 1 is 0.958 bits per heavy atom. The molecule has 1 unspecified atom stereocenters. The topological polar surface area (TPSA) is 69.7 Å². The SMILES string of the molecule is CCN1C=CN(C)C1OC(=O)CCOCCOCCOCCOC. The highest BCUT2D eigenvalue weighted by atomic mass is 16.6. The lowest BCUT2D eigenvalue weighted by molar-refractivity contribution is -0.168. The van der Waals surface area contributed by atoms with E-state index in [1.54, 1.807) is 7.11 Å². The largest absolute Gasteiger partial charge is 0.422 e. The van der Waals surface area contributed by atoms with Gasteiger partial charge in [0.2, 0.25) is 0 Å². The van der Waals surface area contributed by atoms with Gasteiger partial charge in [-0.05, 0) is 6.92 Å². The molecule has 1 aliphatic rings. The van der Waals surface area contributed by atoms with Crippen molar-refractivity contribution in [2.45, 2.75) is 19.7 Å². The van der Waals surface area contributed by atoms with Gasteiger partial charge in [0.05, 0.1) is 52.7 Å². The van der Waals surface area contributed by atoms with Crippen molar-refractivity contribution in [2.75, 3.05) is 67.0 Å². The second kappa shape index (κ2) is 13.0. The van der Waals surface area contributed by atoms with Gasteiger partial charge in [0.1, 0.15) is 0 Å². The zero-order chi connectivity index (χ0) is 17.6. The van der Waals surface area contributed by atoms with Gasteiger partial charge < -0.3 is 33.5 Å². The minimum absolute atomic E-state index is 0.224. The van der Waals surface area contributed by atoms with Crippen LogP contribution in [0, 0.1) is 0 Å². The number of hydrogen-bond donors (Lipinski definition) is 0. The summed E-state index contributed by atoms with van der Waals surface area (Å²) >= 11 is 0. The van der Waals surface area contributed by atoms with E-state index in [1.807, 2.05) is 36.2 Å². The molecule has 24 heavy (non-hydrogen) atoms. The first kappa shape index (κ1) is 20.7. The molecule has 0 aliphatic carbocycles. The summed E-state index contributed by atoms with van der Waals surface area (Å²) in [5.41, 5.74) is 0. The fraction of sp³-hybridized carbons (Fsp3) is 0.812. The lowest BCUT2D eigenvalue weighted by Crippen LogP contribution is -2.40. The molecule has 0 N–H and O–H groups in total. The van der Waals surface area contributed by atoms with Gasteiger partial charge in [-0.2, -0.15) is 0 Å². The van der Waals surface area contributed by atoms with Gasteiger partial charge in [0.15, 0.2) is 0 Å². The van der Waals surface area contributed by atoms with Crippen molar-refractivity contribution in [1.29, 1.82) is 0 Å². The number of hydrogen-bond acceptors (Lipinski definition) is 8. The Bertz CT molecular complexity index is 366. The van der Waals surface area contributed by atoms with Crippen molar-refractivity contribution in [3.63, 3.8) is 0 Å². The van der Waals surface area contributed by atoms with E-state index >= 15 is 0 Å². The van der Waals surface area contributed by atoms with Gasteiger partial charge in [-0.25, -0.2) is 0 Å². The number of ether oxygens (including phenoxy) is 5. The van der Waals surface area contributed by atoms with Crippen molar-refractivity contribution in [3.05, 3.63) is 12.4 Å². The number of methoxy groups -OCH3 is 1. The average Bonchev–Trinajstić information content (AvgIpc) is 2.92. The van der Waals surface area contributed by atoms with Crippen molar-refractivity contribution < 1.29 is 28.5 Å². The lowest BCUT2D eigenvalue weighted by atomic mass is 10.4. The minimum Gasteiger partial charge on any atom is -0.422 e. The summed E-state index contributed by atoms with van der Waals surface area (Å²) in [7, 11) is 3.51. The summed E-state index contributed by atoms with van der Waals surface area (Å²) in [6, 6.07) is 0. The molecule has 8 nitrogen and oxygen atoms in total. The van der Waals surface area contributed by atoms with Crippen LogP contribution in [-0.2, 0) is 28.5 Å². The van der Waals surface area contributed by atoms with Crippen LogP contribution in [0.4, 0.5) is 0 Å². The molecule has 0 aromatic rings. The summed E-state index contributed by atoms with van der Waals surface area (Å²) in [4.78, 5) is 15.6. The molecule has 0 spiro atoms. The van der Waals surface area contributed by atoms with E-state index in [0.29, 0.717) is 46.2 Å². The zero-order valence-corrected chi connectivity index (χ0v) is 14.9. The number of carbonyl (C=O) groups excluding carboxylic acids is 1. The number of esters is 1. The van der Waals surface area contributed by atoms with Crippen LogP contribution in [0.1, 0.15) is 13.3 Å². The quantitative estimate of drug-likeness (QED) is 0.335. The van der Waals surface area contributed by atoms with Gasteiger partial charge in [-0.3, -0.25) is 4.79 Å². The molecule has 0 amide bonds. The highest BCUT2D eigenvalue weighted by Crippen LogP contribution is 2.14. The molecule has 0 radical (unpaired) electrons. The molecule has 8 heteroatoms. The Morgan fingerprint density at radius 3 is 2.12 bits per heavy atom. The third-order valence-electron chi connectivity index (χ3n) is 3.35. The summed E-state index contributed by atoms with van der Waals surface area (Å²) in [6.07, 6.45) is 3.66. The standard InChI is InChI=1S/C16H30N2O6/c1-4-18-7-6-17(2)16(18)24-15(19)5-8-21-11-12-23-14-13-22-10-9-20-3/h6-7,16H,4-5,8-14H2,1-3H3. The third-order valence-corrected chi connectivity index (χ3v) is 3.35. The van der Waals surface area contributed by atoms with Gasteiger partial charge in [-0.15, -0.1) is 0 Å². The van der Waals surface area contributed by atoms with E-state index in [-0.39, 0.29) is 18.7 Å². The molecule has 1 rings (SSSR count). The van der Waals surface area contributed by atoms with E-state index in [2.05, 4.69) is 0 Å². The van der Waals surface area contributed by atoms with Crippen LogP contribution in [0.2, 0.25) is 0 Å². The molecule has 0 aromatic heterocycles. The first-order chi connectivity index (χ1) is 11.7. The monoisotopic (exact) mass is 346 g/mol. The van der Waals surface area contributed by atoms with Gasteiger partial charge in [0, 0.05) is 33.1 Å². The maximum absolute atomic E-state index is 11.8. The van der Waals surface area contributed by atoms with E-state index in [9.17, 15) is 4.79 Å². The highest BCUT2D eigenvalue weighted by molar-refractivity contribution is 5.69. The minimum atomic E-state index is -0.357. The summed E-state index contributed by atoms with van der Waals surface area (Å²) in [5.74, 6) is -0.276. The zero-order valence-electron chi connectivity index (χ0n) is 14.9. The van der Waals surface area contributed by atoms with E-state index in [0.717, 1.165) is 6.54 Å². The van der Waals surface area contributed by atoms with Crippen molar-refractivity contribution in [1.82, 2.24) is 9.80 Å². The molecule has 0 fully saturated rings. The molecule has 1 atom stereocenters. The lowest BCUT2D eigenvalue weighted by Gasteiger charge is -2.28. The van der Waals surface area contributed by atoms with E-state index in [4.69, 9.17) is 23.7 Å². The normalized spacial score (nSPS) is 16.9. The Balaban J connectivity index is 1.93. The maximum atomic E-state index is 11.8. The van der Waals surface area contributed by atoms with Gasteiger partial charge in [-0.1, -0.05) is 0 Å². The Labute approximate surface area is 144 Å². The van der Waals surface area contributed by atoms with Crippen molar-refractivity contribution >= 4 is 5.97 Å². The predicted octanol–water partition coefficient (Wildman–Crippen LogP) is 0.638. The van der Waals surface area contributed by atoms with Crippen LogP contribution >= 0.6 is 0 Å². The molecule has 140 valence electrons. The smallest absolute Gasteiger partial charge is 0.311 e. The van der Waals surface area contributed by atoms with E-state index < -0.39 is 0 Å². The van der Waals surface area contributed by atoms with Crippen LogP contribution in [0.25, 0.3) is 0 Å². The predicted molar refractivity (Wildman–Crippen MR) is 88.1 cm³/mol. The average molecular weight is 346 g/mol. The summed E-state index contributed by atoms with van der Waals surface area (Å²) in [6.45, 7) is 6.23. The molecular weight excluding hydrogens is 316 g/mol. The summed E-state index contributed by atoms with van der Waals surface area (Å²) in [5, 5.41) is 0. The first-order valence-electron chi connectivity index (χ1n) is 8.26. The third kappa shape index (κ3) is 8.49. The fourth-order valence-corrected chi connectivity index (χ4v) is 2.00.